The predicted octanol–water partition coefficient (Wildman–Crippen LogP) is 2.26. The van der Waals surface area contributed by atoms with E-state index in [1.54, 1.807) is 6.07 Å². The average Bonchev–Trinajstić information content (AvgIpc) is 2.39. The molecule has 2 rings (SSSR count). The fourth-order valence-corrected chi connectivity index (χ4v) is 1.84. The van der Waals surface area contributed by atoms with E-state index in [9.17, 15) is 0 Å². The van der Waals surface area contributed by atoms with Crippen LogP contribution in [-0.2, 0) is 13.2 Å². The minimum Gasteiger partial charge on any atom is -0.390 e. The highest BCUT2D eigenvalue weighted by molar-refractivity contribution is 6.30. The lowest BCUT2D eigenvalue weighted by molar-refractivity contribution is 0.275. The molecule has 1 aromatic heterocycles. The molecular weight excluding hydrogens is 250 g/mol. The number of aliphatic hydroxyl groups excluding tert-OH is 1. The summed E-state index contributed by atoms with van der Waals surface area (Å²) in [4.78, 5) is 1.97. The third kappa shape index (κ3) is 3.18. The standard InChI is InChI=1S/C13H14ClN3O/c1-17(8-10-3-2-4-11(14)7-10)13-6-5-12(9-18)15-16-13/h2-7,18H,8-9H2,1H3. The molecule has 0 atom stereocenters. The minimum absolute atomic E-state index is 0.0920. The van der Waals surface area contributed by atoms with Gasteiger partial charge in [0.25, 0.3) is 0 Å². The molecule has 0 bridgehead atoms. The zero-order chi connectivity index (χ0) is 13.0. The molecular formula is C13H14ClN3O. The third-order valence-electron chi connectivity index (χ3n) is 2.57. The zero-order valence-electron chi connectivity index (χ0n) is 10.0. The van der Waals surface area contributed by atoms with Crippen LogP contribution >= 0.6 is 11.6 Å². The van der Waals surface area contributed by atoms with Crippen molar-refractivity contribution in [2.75, 3.05) is 11.9 Å². The van der Waals surface area contributed by atoms with E-state index in [0.29, 0.717) is 12.2 Å². The van der Waals surface area contributed by atoms with E-state index in [4.69, 9.17) is 16.7 Å². The summed E-state index contributed by atoms with van der Waals surface area (Å²) < 4.78 is 0. The van der Waals surface area contributed by atoms with Gasteiger partial charge in [-0.2, -0.15) is 5.10 Å². The SMILES string of the molecule is CN(Cc1cccc(Cl)c1)c1ccc(CO)nn1. The first kappa shape index (κ1) is 12.8. The second kappa shape index (κ2) is 5.80. The van der Waals surface area contributed by atoms with E-state index in [1.807, 2.05) is 42.3 Å². The number of hydrogen-bond acceptors (Lipinski definition) is 4. The van der Waals surface area contributed by atoms with Crippen molar-refractivity contribution in [1.29, 1.82) is 0 Å². The van der Waals surface area contributed by atoms with Gasteiger partial charge in [0.2, 0.25) is 0 Å². The molecule has 4 nitrogen and oxygen atoms in total. The van der Waals surface area contributed by atoms with E-state index >= 15 is 0 Å². The van der Waals surface area contributed by atoms with Crippen molar-refractivity contribution in [1.82, 2.24) is 10.2 Å². The highest BCUT2D eigenvalue weighted by Crippen LogP contribution is 2.15. The highest BCUT2D eigenvalue weighted by Gasteiger charge is 2.05. The molecule has 1 N–H and O–H groups in total. The van der Waals surface area contributed by atoms with Crippen LogP contribution in [0.1, 0.15) is 11.3 Å². The molecule has 2 aromatic rings. The maximum Gasteiger partial charge on any atom is 0.151 e. The molecule has 0 aliphatic heterocycles. The second-order valence-electron chi connectivity index (χ2n) is 4.03. The van der Waals surface area contributed by atoms with Gasteiger partial charge in [0, 0.05) is 18.6 Å². The Bertz CT molecular complexity index is 516. The van der Waals surface area contributed by atoms with Gasteiger partial charge in [-0.1, -0.05) is 23.7 Å². The number of anilines is 1. The summed E-state index contributed by atoms with van der Waals surface area (Å²) in [6.07, 6.45) is 0. The summed E-state index contributed by atoms with van der Waals surface area (Å²) in [6.45, 7) is 0.610. The Kier molecular flexibility index (Phi) is 4.12. The van der Waals surface area contributed by atoms with Crippen LogP contribution in [0.5, 0.6) is 0 Å². The third-order valence-corrected chi connectivity index (χ3v) is 2.80. The summed E-state index contributed by atoms with van der Waals surface area (Å²) in [6, 6.07) is 11.3. The quantitative estimate of drug-likeness (QED) is 0.919. The number of hydrogen-bond donors (Lipinski definition) is 1. The summed E-state index contributed by atoms with van der Waals surface area (Å²) in [7, 11) is 1.93. The predicted molar refractivity (Wildman–Crippen MR) is 71.5 cm³/mol. The van der Waals surface area contributed by atoms with Crippen molar-refractivity contribution >= 4 is 17.4 Å². The smallest absolute Gasteiger partial charge is 0.151 e. The van der Waals surface area contributed by atoms with Gasteiger partial charge in [-0.05, 0) is 29.8 Å². The minimum atomic E-state index is -0.0920. The first-order valence-electron chi connectivity index (χ1n) is 5.58. The van der Waals surface area contributed by atoms with Crippen LogP contribution < -0.4 is 4.90 Å². The van der Waals surface area contributed by atoms with E-state index in [0.717, 1.165) is 16.4 Å². The number of rotatable bonds is 4. The average molecular weight is 264 g/mol. The molecule has 0 amide bonds. The van der Waals surface area contributed by atoms with Gasteiger partial charge in [0.1, 0.15) is 0 Å². The largest absolute Gasteiger partial charge is 0.390 e. The van der Waals surface area contributed by atoms with Crippen LogP contribution in [0.15, 0.2) is 36.4 Å². The molecule has 0 unspecified atom stereocenters. The lowest BCUT2D eigenvalue weighted by Gasteiger charge is -2.17. The monoisotopic (exact) mass is 263 g/mol. The number of nitrogens with zero attached hydrogens (tertiary/aromatic N) is 3. The number of benzene rings is 1. The van der Waals surface area contributed by atoms with Crippen molar-refractivity contribution < 1.29 is 5.11 Å². The molecule has 1 heterocycles. The van der Waals surface area contributed by atoms with E-state index in [-0.39, 0.29) is 6.61 Å². The first-order valence-corrected chi connectivity index (χ1v) is 5.96. The molecule has 94 valence electrons. The summed E-state index contributed by atoms with van der Waals surface area (Å²) in [5.74, 6) is 0.757. The van der Waals surface area contributed by atoms with Crippen LogP contribution in [0.2, 0.25) is 5.02 Å². The topological polar surface area (TPSA) is 49.2 Å². The molecule has 0 radical (unpaired) electrons. The van der Waals surface area contributed by atoms with Crippen LogP contribution in [0.25, 0.3) is 0 Å². The Balaban J connectivity index is 2.09. The van der Waals surface area contributed by atoms with Gasteiger partial charge in [0.15, 0.2) is 5.82 Å². The van der Waals surface area contributed by atoms with Crippen molar-refractivity contribution in [3.63, 3.8) is 0 Å². The lowest BCUT2D eigenvalue weighted by atomic mass is 10.2. The van der Waals surface area contributed by atoms with E-state index < -0.39 is 0 Å². The summed E-state index contributed by atoms with van der Waals surface area (Å²) in [5.41, 5.74) is 1.67. The Labute approximate surface area is 111 Å². The van der Waals surface area contributed by atoms with Crippen LogP contribution in [-0.4, -0.2) is 22.4 Å². The Morgan fingerprint density at radius 1 is 1.22 bits per heavy atom. The van der Waals surface area contributed by atoms with Gasteiger partial charge in [-0.15, -0.1) is 5.10 Å². The summed E-state index contributed by atoms with van der Waals surface area (Å²) >= 11 is 5.94. The van der Waals surface area contributed by atoms with E-state index in [1.165, 1.54) is 0 Å². The second-order valence-corrected chi connectivity index (χ2v) is 4.46. The zero-order valence-corrected chi connectivity index (χ0v) is 10.8. The fourth-order valence-electron chi connectivity index (χ4n) is 1.63. The first-order chi connectivity index (χ1) is 8.69. The van der Waals surface area contributed by atoms with Crippen LogP contribution in [0.3, 0.4) is 0 Å². The lowest BCUT2D eigenvalue weighted by Crippen LogP contribution is -2.18. The fraction of sp³-hybridized carbons (Fsp3) is 0.231. The molecule has 5 heteroatoms. The molecule has 0 fully saturated rings. The van der Waals surface area contributed by atoms with Gasteiger partial charge >= 0.3 is 0 Å². The Hall–Kier alpha value is -1.65. The van der Waals surface area contributed by atoms with Crippen LogP contribution in [0, 0.1) is 0 Å². The normalized spacial score (nSPS) is 10.4. The molecule has 0 aliphatic carbocycles. The Morgan fingerprint density at radius 2 is 2.06 bits per heavy atom. The van der Waals surface area contributed by atoms with Crippen molar-refractivity contribution in [3.8, 4) is 0 Å². The molecule has 0 saturated carbocycles. The van der Waals surface area contributed by atoms with Gasteiger partial charge in [-0.3, -0.25) is 0 Å². The molecule has 0 aliphatic rings. The van der Waals surface area contributed by atoms with Crippen LogP contribution in [0.4, 0.5) is 5.82 Å². The van der Waals surface area contributed by atoms with Gasteiger partial charge in [-0.25, -0.2) is 0 Å². The number of aromatic nitrogens is 2. The van der Waals surface area contributed by atoms with Crippen molar-refractivity contribution in [2.24, 2.45) is 0 Å². The molecule has 0 saturated heterocycles. The Morgan fingerprint density at radius 3 is 2.67 bits per heavy atom. The van der Waals surface area contributed by atoms with Crippen molar-refractivity contribution in [3.05, 3.63) is 52.7 Å². The maximum atomic E-state index is 8.90. The number of aliphatic hydroxyl groups is 1. The summed E-state index contributed by atoms with van der Waals surface area (Å²) in [5, 5.41) is 17.6. The van der Waals surface area contributed by atoms with Gasteiger partial charge in [0.05, 0.1) is 12.3 Å². The number of halogens is 1. The van der Waals surface area contributed by atoms with Gasteiger partial charge < -0.3 is 10.0 Å². The molecule has 0 spiro atoms. The highest BCUT2D eigenvalue weighted by atomic mass is 35.5. The maximum absolute atomic E-state index is 8.90. The molecule has 1 aromatic carbocycles. The van der Waals surface area contributed by atoms with E-state index in [2.05, 4.69) is 10.2 Å². The van der Waals surface area contributed by atoms with Crippen molar-refractivity contribution in [2.45, 2.75) is 13.2 Å². The molecule has 18 heavy (non-hydrogen) atoms.